The minimum Gasteiger partial charge on any atom is -0.314 e. The third-order valence-electron chi connectivity index (χ3n) is 2.67. The lowest BCUT2D eigenvalue weighted by Gasteiger charge is -2.07. The number of benzene rings is 1. The SMILES string of the molecule is C/C(=C/CCNC(C)C)Cc1ccc(Cl)cc1F. The average Bonchev–Trinajstić information content (AvgIpc) is 2.28. The minimum atomic E-state index is -0.226. The van der Waals surface area contributed by atoms with Crippen LogP contribution in [0.25, 0.3) is 0 Å². The van der Waals surface area contributed by atoms with E-state index < -0.39 is 0 Å². The van der Waals surface area contributed by atoms with Crippen LogP contribution in [0.2, 0.25) is 5.02 Å². The van der Waals surface area contributed by atoms with Gasteiger partial charge in [-0.15, -0.1) is 0 Å². The topological polar surface area (TPSA) is 12.0 Å². The van der Waals surface area contributed by atoms with Gasteiger partial charge in [0.2, 0.25) is 0 Å². The van der Waals surface area contributed by atoms with Gasteiger partial charge in [0.1, 0.15) is 5.82 Å². The lowest BCUT2D eigenvalue weighted by molar-refractivity contribution is 0.593. The zero-order valence-corrected chi connectivity index (χ0v) is 12.0. The minimum absolute atomic E-state index is 0.226. The van der Waals surface area contributed by atoms with Crippen molar-refractivity contribution in [3.05, 3.63) is 46.3 Å². The van der Waals surface area contributed by atoms with Gasteiger partial charge in [-0.05, 0) is 44.0 Å². The molecule has 0 aromatic heterocycles. The fourth-order valence-corrected chi connectivity index (χ4v) is 1.89. The highest BCUT2D eigenvalue weighted by Crippen LogP contribution is 2.17. The molecule has 3 heteroatoms. The van der Waals surface area contributed by atoms with E-state index in [2.05, 4.69) is 25.2 Å². The lowest BCUT2D eigenvalue weighted by Crippen LogP contribution is -2.23. The second-order valence-electron chi connectivity index (χ2n) is 4.86. The maximum Gasteiger partial charge on any atom is 0.128 e. The number of hydrogen-bond acceptors (Lipinski definition) is 1. The molecule has 1 aromatic rings. The van der Waals surface area contributed by atoms with Crippen LogP contribution in [-0.4, -0.2) is 12.6 Å². The van der Waals surface area contributed by atoms with E-state index in [-0.39, 0.29) is 5.82 Å². The van der Waals surface area contributed by atoms with Crippen molar-refractivity contribution in [1.29, 1.82) is 0 Å². The fourth-order valence-electron chi connectivity index (χ4n) is 1.73. The summed E-state index contributed by atoms with van der Waals surface area (Å²) in [6.07, 6.45) is 3.77. The Morgan fingerprint density at radius 2 is 2.17 bits per heavy atom. The van der Waals surface area contributed by atoms with Crippen LogP contribution in [0.5, 0.6) is 0 Å². The summed E-state index contributed by atoms with van der Waals surface area (Å²) in [5, 5.41) is 3.79. The van der Waals surface area contributed by atoms with Gasteiger partial charge in [0.25, 0.3) is 0 Å². The second-order valence-corrected chi connectivity index (χ2v) is 5.30. The normalized spacial score (nSPS) is 12.2. The molecule has 0 aliphatic heterocycles. The highest BCUT2D eigenvalue weighted by Gasteiger charge is 2.03. The predicted octanol–water partition coefficient (Wildman–Crippen LogP) is 4.36. The van der Waals surface area contributed by atoms with E-state index in [1.807, 2.05) is 6.92 Å². The zero-order chi connectivity index (χ0) is 13.5. The Morgan fingerprint density at radius 3 is 2.78 bits per heavy atom. The quantitative estimate of drug-likeness (QED) is 0.598. The molecule has 0 heterocycles. The summed E-state index contributed by atoms with van der Waals surface area (Å²) in [6, 6.07) is 5.35. The van der Waals surface area contributed by atoms with E-state index in [0.717, 1.165) is 13.0 Å². The maximum atomic E-state index is 13.6. The molecule has 0 fully saturated rings. The third-order valence-corrected chi connectivity index (χ3v) is 2.91. The van der Waals surface area contributed by atoms with Crippen molar-refractivity contribution >= 4 is 11.6 Å². The summed E-state index contributed by atoms with van der Waals surface area (Å²) < 4.78 is 13.6. The Labute approximate surface area is 114 Å². The van der Waals surface area contributed by atoms with E-state index in [4.69, 9.17) is 11.6 Å². The van der Waals surface area contributed by atoms with Crippen LogP contribution in [0, 0.1) is 5.82 Å². The van der Waals surface area contributed by atoms with E-state index in [9.17, 15) is 4.39 Å². The van der Waals surface area contributed by atoms with Crippen LogP contribution in [-0.2, 0) is 6.42 Å². The van der Waals surface area contributed by atoms with Gasteiger partial charge in [-0.2, -0.15) is 0 Å². The molecule has 1 nitrogen and oxygen atoms in total. The molecule has 0 radical (unpaired) electrons. The van der Waals surface area contributed by atoms with Crippen molar-refractivity contribution in [3.63, 3.8) is 0 Å². The smallest absolute Gasteiger partial charge is 0.128 e. The fraction of sp³-hybridized carbons (Fsp3) is 0.467. The summed E-state index contributed by atoms with van der Waals surface area (Å²) in [5.74, 6) is -0.226. The molecule has 0 aliphatic rings. The van der Waals surface area contributed by atoms with Gasteiger partial charge in [-0.25, -0.2) is 4.39 Å². The van der Waals surface area contributed by atoms with Gasteiger partial charge in [-0.3, -0.25) is 0 Å². The van der Waals surface area contributed by atoms with Crippen LogP contribution in [0.1, 0.15) is 32.8 Å². The molecular weight excluding hydrogens is 249 g/mol. The van der Waals surface area contributed by atoms with Gasteiger partial charge in [0, 0.05) is 11.1 Å². The van der Waals surface area contributed by atoms with Gasteiger partial charge in [0.15, 0.2) is 0 Å². The summed E-state index contributed by atoms with van der Waals surface area (Å²) >= 11 is 5.72. The largest absolute Gasteiger partial charge is 0.314 e. The van der Waals surface area contributed by atoms with E-state index >= 15 is 0 Å². The molecule has 100 valence electrons. The number of rotatable bonds is 6. The van der Waals surface area contributed by atoms with Crippen molar-refractivity contribution in [2.24, 2.45) is 0 Å². The molecule has 0 amide bonds. The van der Waals surface area contributed by atoms with E-state index in [0.29, 0.717) is 23.0 Å². The Hall–Kier alpha value is -0.860. The molecule has 0 spiro atoms. The molecular formula is C15H21ClFN. The van der Waals surface area contributed by atoms with Crippen LogP contribution < -0.4 is 5.32 Å². The van der Waals surface area contributed by atoms with Gasteiger partial charge < -0.3 is 5.32 Å². The summed E-state index contributed by atoms with van der Waals surface area (Å²) in [5.41, 5.74) is 1.88. The second kappa shape index (κ2) is 7.55. The Morgan fingerprint density at radius 1 is 1.44 bits per heavy atom. The van der Waals surface area contributed by atoms with Crippen molar-refractivity contribution in [3.8, 4) is 0 Å². The Balaban J connectivity index is 2.48. The molecule has 1 aromatic carbocycles. The van der Waals surface area contributed by atoms with Gasteiger partial charge in [0.05, 0.1) is 0 Å². The number of allylic oxidation sites excluding steroid dienone is 1. The molecule has 0 atom stereocenters. The first-order chi connectivity index (χ1) is 8.49. The first-order valence-corrected chi connectivity index (χ1v) is 6.69. The molecule has 0 bridgehead atoms. The van der Waals surface area contributed by atoms with Crippen molar-refractivity contribution in [1.82, 2.24) is 5.32 Å². The monoisotopic (exact) mass is 269 g/mol. The highest BCUT2D eigenvalue weighted by molar-refractivity contribution is 6.30. The number of nitrogens with one attached hydrogen (secondary N) is 1. The van der Waals surface area contributed by atoms with E-state index in [1.165, 1.54) is 11.6 Å². The molecule has 0 saturated heterocycles. The van der Waals surface area contributed by atoms with E-state index in [1.54, 1.807) is 12.1 Å². The van der Waals surface area contributed by atoms with Crippen molar-refractivity contribution < 1.29 is 4.39 Å². The molecule has 0 aliphatic carbocycles. The van der Waals surface area contributed by atoms with Gasteiger partial charge in [-0.1, -0.05) is 43.2 Å². The number of halogens is 2. The maximum absolute atomic E-state index is 13.6. The Kier molecular flexibility index (Phi) is 6.37. The van der Waals surface area contributed by atoms with Gasteiger partial charge >= 0.3 is 0 Å². The summed E-state index contributed by atoms with van der Waals surface area (Å²) in [4.78, 5) is 0. The standard InChI is InChI=1S/C15H21ClFN/c1-11(2)18-8-4-5-12(3)9-13-6-7-14(16)10-15(13)17/h5-7,10-11,18H,4,8-9H2,1-3H3/b12-5-. The van der Waals surface area contributed by atoms with Crippen LogP contribution in [0.4, 0.5) is 4.39 Å². The highest BCUT2D eigenvalue weighted by atomic mass is 35.5. The van der Waals surface area contributed by atoms with Crippen LogP contribution in [0.3, 0.4) is 0 Å². The van der Waals surface area contributed by atoms with Crippen LogP contribution in [0.15, 0.2) is 29.8 Å². The average molecular weight is 270 g/mol. The Bertz CT molecular complexity index is 413. The molecule has 0 unspecified atom stereocenters. The summed E-state index contributed by atoms with van der Waals surface area (Å²) in [6.45, 7) is 7.24. The summed E-state index contributed by atoms with van der Waals surface area (Å²) in [7, 11) is 0. The molecule has 1 rings (SSSR count). The molecule has 1 N–H and O–H groups in total. The number of hydrogen-bond donors (Lipinski definition) is 1. The lowest BCUT2D eigenvalue weighted by atomic mass is 10.0. The first-order valence-electron chi connectivity index (χ1n) is 6.32. The van der Waals surface area contributed by atoms with Crippen molar-refractivity contribution in [2.75, 3.05) is 6.54 Å². The van der Waals surface area contributed by atoms with Crippen LogP contribution >= 0.6 is 11.6 Å². The first kappa shape index (κ1) is 15.2. The molecule has 0 saturated carbocycles. The third kappa shape index (κ3) is 5.65. The predicted molar refractivity (Wildman–Crippen MR) is 76.6 cm³/mol. The van der Waals surface area contributed by atoms with Crippen molar-refractivity contribution in [2.45, 2.75) is 39.7 Å². The molecule has 18 heavy (non-hydrogen) atoms. The zero-order valence-electron chi connectivity index (χ0n) is 11.3.